The normalized spacial score (nSPS) is 38.5. The fraction of sp³-hybridized carbons (Fsp3) is 0.714. The zero-order valence-electron chi connectivity index (χ0n) is 6.58. The van der Waals surface area contributed by atoms with Crippen LogP contribution >= 0.6 is 0 Å². The van der Waals surface area contributed by atoms with Crippen LogP contribution in [-0.4, -0.2) is 37.4 Å². The van der Waals surface area contributed by atoms with Crippen LogP contribution in [0.5, 0.6) is 0 Å². The first kappa shape index (κ1) is 8.67. The summed E-state index contributed by atoms with van der Waals surface area (Å²) in [5.41, 5.74) is 0. The number of rotatable bonds is 2. The van der Waals surface area contributed by atoms with Crippen LogP contribution < -0.4 is 5.06 Å². The summed E-state index contributed by atoms with van der Waals surface area (Å²) in [6.45, 7) is 5.71. The van der Waals surface area contributed by atoms with E-state index < -0.39 is 0 Å². The third-order valence-corrected chi connectivity index (χ3v) is 2.06. The predicted octanol–water partition coefficient (Wildman–Crippen LogP) is -1.12. The maximum absolute atomic E-state index is 11.6. The molecule has 64 valence electrons. The maximum atomic E-state index is 11.6. The molecule has 0 bridgehead atoms. The SMILES string of the molecule is C=CC[N+]1([O-])CC[NH+]([O-])CC1. The van der Waals surface area contributed by atoms with E-state index in [1.165, 1.54) is 0 Å². The molecule has 1 fully saturated rings. The van der Waals surface area contributed by atoms with E-state index in [9.17, 15) is 10.4 Å². The van der Waals surface area contributed by atoms with Crippen molar-refractivity contribution in [3.8, 4) is 0 Å². The van der Waals surface area contributed by atoms with Crippen LogP contribution in [0.4, 0.5) is 0 Å². The summed E-state index contributed by atoms with van der Waals surface area (Å²) in [5.74, 6) is 0. The predicted molar refractivity (Wildman–Crippen MR) is 42.5 cm³/mol. The lowest BCUT2D eigenvalue weighted by atomic mass is 10.3. The molecule has 1 aliphatic heterocycles. The van der Waals surface area contributed by atoms with E-state index in [2.05, 4.69) is 6.58 Å². The smallest absolute Gasteiger partial charge is 0.129 e. The monoisotopic (exact) mass is 158 g/mol. The molecule has 4 nitrogen and oxygen atoms in total. The van der Waals surface area contributed by atoms with E-state index in [1.807, 2.05) is 0 Å². The van der Waals surface area contributed by atoms with Crippen molar-refractivity contribution in [2.75, 3.05) is 32.7 Å². The third kappa shape index (κ3) is 2.27. The van der Waals surface area contributed by atoms with Crippen LogP contribution in [0.25, 0.3) is 0 Å². The molecule has 0 unspecified atom stereocenters. The lowest BCUT2D eigenvalue weighted by Gasteiger charge is -2.46. The average Bonchev–Trinajstić information content (AvgIpc) is 1.97. The van der Waals surface area contributed by atoms with E-state index in [0.717, 1.165) is 0 Å². The van der Waals surface area contributed by atoms with Gasteiger partial charge in [-0.1, -0.05) is 6.58 Å². The highest BCUT2D eigenvalue weighted by atomic mass is 16.6. The quantitative estimate of drug-likeness (QED) is 0.314. The van der Waals surface area contributed by atoms with Crippen molar-refractivity contribution in [2.45, 2.75) is 0 Å². The first-order valence-corrected chi connectivity index (χ1v) is 3.86. The van der Waals surface area contributed by atoms with Crippen LogP contribution in [0, 0.1) is 10.4 Å². The summed E-state index contributed by atoms with van der Waals surface area (Å²) in [5, 5.41) is 22.6. The molecule has 11 heavy (non-hydrogen) atoms. The Morgan fingerprint density at radius 1 is 1.45 bits per heavy atom. The topological polar surface area (TPSA) is 50.6 Å². The van der Waals surface area contributed by atoms with Crippen molar-refractivity contribution >= 4 is 0 Å². The number of hydrogen-bond donors (Lipinski definition) is 1. The van der Waals surface area contributed by atoms with Gasteiger partial charge in [0.2, 0.25) is 0 Å². The lowest BCUT2D eigenvalue weighted by molar-refractivity contribution is -0.975. The van der Waals surface area contributed by atoms with Crippen LogP contribution in [0.3, 0.4) is 0 Å². The Bertz CT molecular complexity index is 141. The molecule has 1 saturated heterocycles. The molecule has 4 heteroatoms. The molecule has 0 aliphatic carbocycles. The minimum atomic E-state index is -0.255. The highest BCUT2D eigenvalue weighted by Gasteiger charge is 2.22. The fourth-order valence-electron chi connectivity index (χ4n) is 1.31. The average molecular weight is 158 g/mol. The standard InChI is InChI=1S/C7H14N2O2/c1-2-5-9(11)6-3-8(10)4-7-9/h2,8H,1,3-7H2. The van der Waals surface area contributed by atoms with Gasteiger partial charge in [0.25, 0.3) is 0 Å². The molecule has 0 radical (unpaired) electrons. The van der Waals surface area contributed by atoms with E-state index in [1.54, 1.807) is 6.08 Å². The molecule has 0 spiro atoms. The highest BCUT2D eigenvalue weighted by molar-refractivity contribution is 4.67. The first-order valence-electron chi connectivity index (χ1n) is 3.86. The van der Waals surface area contributed by atoms with Gasteiger partial charge in [-0.2, -0.15) is 0 Å². The Labute approximate surface area is 66.5 Å². The van der Waals surface area contributed by atoms with Crippen molar-refractivity contribution in [3.63, 3.8) is 0 Å². The van der Waals surface area contributed by atoms with E-state index in [4.69, 9.17) is 0 Å². The molecule has 0 atom stereocenters. The maximum Gasteiger partial charge on any atom is 0.129 e. The summed E-state index contributed by atoms with van der Waals surface area (Å²) in [4.78, 5) is 0. The summed E-state index contributed by atoms with van der Waals surface area (Å²) in [7, 11) is 0. The molecule has 1 rings (SSSR count). The Morgan fingerprint density at radius 2 is 2.00 bits per heavy atom. The second kappa shape index (κ2) is 3.32. The van der Waals surface area contributed by atoms with Crippen molar-refractivity contribution in [3.05, 3.63) is 23.1 Å². The van der Waals surface area contributed by atoms with Gasteiger partial charge in [-0.25, -0.2) is 0 Å². The molecule has 1 aliphatic rings. The molecular weight excluding hydrogens is 144 g/mol. The molecule has 1 N–H and O–H groups in total. The van der Waals surface area contributed by atoms with Gasteiger partial charge < -0.3 is 20.1 Å². The van der Waals surface area contributed by atoms with E-state index in [-0.39, 0.29) is 9.71 Å². The van der Waals surface area contributed by atoms with Crippen molar-refractivity contribution in [2.24, 2.45) is 0 Å². The number of quaternary nitrogens is 2. The minimum absolute atomic E-state index is 0.221. The van der Waals surface area contributed by atoms with Gasteiger partial charge in [0, 0.05) is 0 Å². The zero-order chi connectivity index (χ0) is 8.32. The van der Waals surface area contributed by atoms with Crippen molar-refractivity contribution in [1.82, 2.24) is 0 Å². The summed E-state index contributed by atoms with van der Waals surface area (Å²) in [6, 6.07) is 0. The second-order valence-corrected chi connectivity index (χ2v) is 3.02. The molecule has 0 amide bonds. The largest absolute Gasteiger partial charge is 0.634 e. The number of piperazine rings is 1. The van der Waals surface area contributed by atoms with Crippen LogP contribution in [0.15, 0.2) is 12.7 Å². The van der Waals surface area contributed by atoms with Crippen molar-refractivity contribution in [1.29, 1.82) is 0 Å². The Kier molecular flexibility index (Phi) is 2.62. The van der Waals surface area contributed by atoms with E-state index in [0.29, 0.717) is 32.7 Å². The molecule has 0 saturated carbocycles. The first-order chi connectivity index (χ1) is 5.16. The number of hydroxylamine groups is 5. The molecule has 0 aromatic heterocycles. The molecule has 0 aromatic rings. The Balaban J connectivity index is 2.41. The van der Waals surface area contributed by atoms with Crippen molar-refractivity contribution < 1.29 is 9.71 Å². The van der Waals surface area contributed by atoms with Crippen LogP contribution in [0.1, 0.15) is 0 Å². The van der Waals surface area contributed by atoms with E-state index >= 15 is 0 Å². The molecule has 0 aromatic carbocycles. The van der Waals surface area contributed by atoms with Crippen LogP contribution in [0.2, 0.25) is 0 Å². The lowest BCUT2D eigenvalue weighted by Crippen LogP contribution is -3.11. The summed E-state index contributed by atoms with van der Waals surface area (Å²) in [6.07, 6.45) is 1.63. The minimum Gasteiger partial charge on any atom is -0.634 e. The van der Waals surface area contributed by atoms with Gasteiger partial charge in [-0.05, 0) is 6.08 Å². The Hall–Kier alpha value is -0.420. The number of hydrogen-bond acceptors (Lipinski definition) is 2. The van der Waals surface area contributed by atoms with Crippen LogP contribution in [-0.2, 0) is 0 Å². The molecule has 1 heterocycles. The third-order valence-electron chi connectivity index (χ3n) is 2.06. The zero-order valence-corrected chi connectivity index (χ0v) is 6.58. The van der Waals surface area contributed by atoms with Gasteiger partial charge in [0.15, 0.2) is 0 Å². The van der Waals surface area contributed by atoms with Gasteiger partial charge in [-0.15, -0.1) is 0 Å². The fourth-order valence-corrected chi connectivity index (χ4v) is 1.31. The van der Waals surface area contributed by atoms with Gasteiger partial charge in [0.1, 0.15) is 26.2 Å². The summed E-state index contributed by atoms with van der Waals surface area (Å²) >= 11 is 0. The summed E-state index contributed by atoms with van der Waals surface area (Å²) < 4.78 is -0.255. The van der Waals surface area contributed by atoms with Gasteiger partial charge in [0.05, 0.1) is 6.54 Å². The second-order valence-electron chi connectivity index (χ2n) is 3.02. The van der Waals surface area contributed by atoms with Gasteiger partial charge in [-0.3, -0.25) is 0 Å². The number of nitrogens with one attached hydrogen (secondary N) is 1. The number of nitrogens with zero attached hydrogens (tertiary/aromatic N) is 1. The Morgan fingerprint density at radius 3 is 2.45 bits per heavy atom. The van der Waals surface area contributed by atoms with Gasteiger partial charge >= 0.3 is 0 Å². The molecular formula is C7H14N2O2. The highest BCUT2D eigenvalue weighted by Crippen LogP contribution is 2.03.